The molecule has 2 aromatic rings. The molecule has 5 rings (SSSR count). The van der Waals surface area contributed by atoms with E-state index in [1.54, 1.807) is 12.1 Å². The number of allylic oxidation sites excluding steroid dienone is 1. The maximum atomic E-state index is 15.4. The Morgan fingerprint density at radius 1 is 1.19 bits per heavy atom. The van der Waals surface area contributed by atoms with Gasteiger partial charge in [0.1, 0.15) is 22.6 Å². The summed E-state index contributed by atoms with van der Waals surface area (Å²) in [6.07, 6.45) is 0.240. The number of amides is 1. The fourth-order valence-electron chi connectivity index (χ4n) is 5.61. The van der Waals surface area contributed by atoms with Gasteiger partial charge in [-0.2, -0.15) is 0 Å². The Bertz CT molecular complexity index is 1480. The highest BCUT2D eigenvalue weighted by atomic mass is 79.9. The third kappa shape index (κ3) is 3.53. The molecular formula is C26H21BrClF2N3O4. The van der Waals surface area contributed by atoms with Crippen molar-refractivity contribution in [3.63, 3.8) is 0 Å². The smallest absolute Gasteiger partial charge is 0.339 e. The van der Waals surface area contributed by atoms with Crippen LogP contribution in [-0.2, 0) is 24.5 Å². The minimum atomic E-state index is -1.99. The first-order chi connectivity index (χ1) is 17.3. The van der Waals surface area contributed by atoms with Crippen molar-refractivity contribution < 1.29 is 27.9 Å². The first-order valence-electron chi connectivity index (χ1n) is 11.2. The van der Waals surface area contributed by atoms with Crippen LogP contribution in [0.25, 0.3) is 0 Å². The van der Waals surface area contributed by atoms with Crippen molar-refractivity contribution in [2.75, 3.05) is 17.3 Å². The fourth-order valence-corrected chi connectivity index (χ4v) is 6.37. The lowest BCUT2D eigenvalue weighted by atomic mass is 9.60. The molecule has 192 valence electrons. The number of hydrogen-bond acceptors (Lipinski definition) is 6. The molecule has 37 heavy (non-hydrogen) atoms. The molecule has 2 aliphatic heterocycles. The van der Waals surface area contributed by atoms with Gasteiger partial charge in [0.25, 0.3) is 0 Å². The van der Waals surface area contributed by atoms with E-state index in [-0.39, 0.29) is 56.3 Å². The van der Waals surface area contributed by atoms with Gasteiger partial charge in [0.15, 0.2) is 11.6 Å². The largest absolute Gasteiger partial charge is 0.466 e. The number of nitrogens with zero attached hydrogens (tertiary/aromatic N) is 1. The molecule has 3 aliphatic rings. The molecule has 0 saturated carbocycles. The van der Waals surface area contributed by atoms with Crippen LogP contribution >= 0.6 is 27.5 Å². The number of halogens is 4. The number of anilines is 2. The Balaban J connectivity index is 1.97. The van der Waals surface area contributed by atoms with Crippen LogP contribution in [0.1, 0.15) is 32.3 Å². The highest BCUT2D eigenvalue weighted by molar-refractivity contribution is 9.10. The predicted octanol–water partition coefficient (Wildman–Crippen LogP) is 5.08. The number of hydrogen-bond donors (Lipinski definition) is 2. The van der Waals surface area contributed by atoms with E-state index in [9.17, 15) is 18.8 Å². The number of rotatable bonds is 2. The van der Waals surface area contributed by atoms with Crippen molar-refractivity contribution in [2.24, 2.45) is 11.1 Å². The Hall–Kier alpha value is -3.24. The average molecular weight is 593 g/mol. The van der Waals surface area contributed by atoms with E-state index in [0.717, 1.165) is 13.2 Å². The number of benzene rings is 2. The summed E-state index contributed by atoms with van der Waals surface area (Å²) < 4.78 is 34.4. The second kappa shape index (κ2) is 8.39. The zero-order valence-corrected chi connectivity index (χ0v) is 22.3. The van der Waals surface area contributed by atoms with Gasteiger partial charge in [0.05, 0.1) is 12.8 Å². The van der Waals surface area contributed by atoms with Crippen LogP contribution in [0, 0.1) is 17.0 Å². The van der Waals surface area contributed by atoms with Crippen molar-refractivity contribution in [1.29, 1.82) is 0 Å². The number of carbonyl (C=O) groups is 3. The summed E-state index contributed by atoms with van der Waals surface area (Å²) in [5, 5.41) is 3.00. The van der Waals surface area contributed by atoms with E-state index in [0.29, 0.717) is 11.8 Å². The number of carbonyl (C=O) groups excluding carboxylic acids is 3. The van der Waals surface area contributed by atoms with E-state index in [1.807, 2.05) is 13.8 Å². The zero-order valence-electron chi connectivity index (χ0n) is 20.0. The van der Waals surface area contributed by atoms with Crippen LogP contribution in [-0.4, -0.2) is 24.8 Å². The number of nitrogens with two attached hydrogens (primary N) is 1. The quantitative estimate of drug-likeness (QED) is 0.472. The number of methoxy groups -OCH3 is 1. The highest BCUT2D eigenvalue weighted by Gasteiger charge is 2.63. The molecule has 7 nitrogen and oxygen atoms in total. The van der Waals surface area contributed by atoms with Gasteiger partial charge in [-0.1, -0.05) is 25.4 Å². The Labute approximate surface area is 224 Å². The molecule has 1 unspecified atom stereocenters. The van der Waals surface area contributed by atoms with Gasteiger partial charge < -0.3 is 15.8 Å². The van der Waals surface area contributed by atoms with Crippen LogP contribution < -0.4 is 16.0 Å². The summed E-state index contributed by atoms with van der Waals surface area (Å²) in [6, 6.07) is 6.33. The Morgan fingerprint density at radius 2 is 1.89 bits per heavy atom. The van der Waals surface area contributed by atoms with E-state index in [2.05, 4.69) is 21.2 Å². The van der Waals surface area contributed by atoms with Crippen LogP contribution in [0.3, 0.4) is 0 Å². The van der Waals surface area contributed by atoms with Gasteiger partial charge in [-0.3, -0.25) is 14.5 Å². The lowest BCUT2D eigenvalue weighted by molar-refractivity contribution is -0.138. The van der Waals surface area contributed by atoms with Crippen molar-refractivity contribution in [3.8, 4) is 0 Å². The summed E-state index contributed by atoms with van der Waals surface area (Å²) in [4.78, 5) is 42.4. The zero-order chi connectivity index (χ0) is 27.0. The summed E-state index contributed by atoms with van der Waals surface area (Å²) in [5.41, 5.74) is 4.25. The first kappa shape index (κ1) is 25.4. The Morgan fingerprint density at radius 3 is 2.54 bits per heavy atom. The molecule has 0 radical (unpaired) electrons. The van der Waals surface area contributed by atoms with E-state index in [4.69, 9.17) is 22.1 Å². The number of nitrogens with one attached hydrogen (secondary N) is 1. The average Bonchev–Trinajstić information content (AvgIpc) is 3.05. The van der Waals surface area contributed by atoms with Gasteiger partial charge in [-0.05, 0) is 52.0 Å². The molecule has 0 saturated heterocycles. The monoisotopic (exact) mass is 591 g/mol. The standard InChI is InChI=1S/C26H21BrClF2N3O4/c1-25(2)9-17-19(18(34)10-25)26(13-6-11(28)4-5-16(13)32-24(26)36)20(23(35)37-3)22(31)33(17)21-14(27)7-12(29)8-15(21)30/h4-8H,9-10,31H2,1-3H3,(H,32,36). The van der Waals surface area contributed by atoms with Gasteiger partial charge in [0.2, 0.25) is 5.91 Å². The number of Topliss-reactive ketones (excluding diaryl/α,β-unsaturated/α-hetero) is 1. The predicted molar refractivity (Wildman–Crippen MR) is 137 cm³/mol. The third-order valence-corrected chi connectivity index (χ3v) is 7.78. The summed E-state index contributed by atoms with van der Waals surface area (Å²) in [7, 11) is 1.11. The number of esters is 1. The molecule has 2 aromatic carbocycles. The van der Waals surface area contributed by atoms with Crippen molar-refractivity contribution >= 4 is 56.6 Å². The molecule has 0 fully saturated rings. The number of ketones is 1. The molecule has 0 bridgehead atoms. The number of fused-ring (bicyclic) bond motifs is 3. The first-order valence-corrected chi connectivity index (χ1v) is 12.4. The van der Waals surface area contributed by atoms with E-state index in [1.165, 1.54) is 11.0 Å². The van der Waals surface area contributed by atoms with Crippen LogP contribution in [0.2, 0.25) is 5.02 Å². The molecule has 1 spiro atoms. The van der Waals surface area contributed by atoms with Gasteiger partial charge in [-0.15, -0.1) is 0 Å². The second-order valence-corrected chi connectivity index (χ2v) is 11.3. The lowest BCUT2D eigenvalue weighted by Gasteiger charge is -2.47. The molecule has 2 heterocycles. The molecule has 1 atom stereocenters. The van der Waals surface area contributed by atoms with Crippen molar-refractivity contribution in [1.82, 2.24) is 0 Å². The molecule has 1 aliphatic carbocycles. The SMILES string of the molecule is COC(=O)C1=C(N)N(c2c(F)cc(F)cc2Br)C2=C(C(=O)CC(C)(C)C2)C12C(=O)Nc1ccc(Cl)cc12. The lowest BCUT2D eigenvalue weighted by Crippen LogP contribution is -2.54. The topological polar surface area (TPSA) is 102 Å². The maximum absolute atomic E-state index is 15.4. The molecule has 0 aromatic heterocycles. The van der Waals surface area contributed by atoms with Crippen LogP contribution in [0.5, 0.6) is 0 Å². The highest BCUT2D eigenvalue weighted by Crippen LogP contribution is 2.58. The number of ether oxygens (including phenoxy) is 1. The van der Waals surface area contributed by atoms with Gasteiger partial charge >= 0.3 is 5.97 Å². The third-order valence-electron chi connectivity index (χ3n) is 6.94. The van der Waals surface area contributed by atoms with Gasteiger partial charge in [0, 0.05) is 44.5 Å². The molecular weight excluding hydrogens is 572 g/mol. The summed E-state index contributed by atoms with van der Waals surface area (Å²) in [6.45, 7) is 3.70. The fraction of sp³-hybridized carbons (Fsp3) is 0.269. The minimum absolute atomic E-state index is 0.00453. The minimum Gasteiger partial charge on any atom is -0.466 e. The van der Waals surface area contributed by atoms with Crippen LogP contribution in [0.4, 0.5) is 20.2 Å². The molecule has 1 amide bonds. The van der Waals surface area contributed by atoms with Crippen molar-refractivity contribution in [2.45, 2.75) is 32.1 Å². The molecule has 3 N–H and O–H groups in total. The van der Waals surface area contributed by atoms with Crippen molar-refractivity contribution in [3.05, 3.63) is 79.7 Å². The van der Waals surface area contributed by atoms with E-state index >= 15 is 4.39 Å². The molecule has 11 heteroatoms. The van der Waals surface area contributed by atoms with Crippen LogP contribution in [0.15, 0.2) is 57.5 Å². The normalized spacial score (nSPS) is 22.3. The van der Waals surface area contributed by atoms with E-state index < -0.39 is 40.1 Å². The maximum Gasteiger partial charge on any atom is 0.339 e. The summed E-state index contributed by atoms with van der Waals surface area (Å²) >= 11 is 9.50. The van der Waals surface area contributed by atoms with Gasteiger partial charge in [-0.25, -0.2) is 13.6 Å². The Kier molecular flexibility index (Phi) is 5.76. The second-order valence-electron chi connectivity index (χ2n) is 9.96. The summed E-state index contributed by atoms with van der Waals surface area (Å²) in [5.74, 6) is -4.26.